The molecule has 200 valence electrons. The molecule has 5 rings (SSSR count). The summed E-state index contributed by atoms with van der Waals surface area (Å²) in [5, 5.41) is 10.8. The molecule has 0 aliphatic carbocycles. The predicted octanol–water partition coefficient (Wildman–Crippen LogP) is 8.62. The topological polar surface area (TPSA) is 75.6 Å². The fourth-order valence-corrected chi connectivity index (χ4v) is 4.98. The van der Waals surface area contributed by atoms with Crippen molar-refractivity contribution in [3.63, 3.8) is 0 Å². The normalized spacial score (nSPS) is 11.0. The molecule has 1 aromatic heterocycles. The molecular weight excluding hydrogens is 608 g/mol. The fraction of sp³-hybridized carbons (Fsp3) is 0.0645. The maximum Gasteiger partial charge on any atom is 0.271 e. The summed E-state index contributed by atoms with van der Waals surface area (Å²) in [4.78, 5) is 17.3. The molecule has 9 heteroatoms. The van der Waals surface area contributed by atoms with Gasteiger partial charge in [0.15, 0.2) is 5.13 Å². The molecule has 0 spiro atoms. The Labute approximate surface area is 249 Å². The highest BCUT2D eigenvalue weighted by Gasteiger charge is 2.09. The number of aryl methyl sites for hydroxylation is 1. The van der Waals surface area contributed by atoms with Crippen LogP contribution in [0.3, 0.4) is 0 Å². The smallest absolute Gasteiger partial charge is 0.271 e. The lowest BCUT2D eigenvalue weighted by atomic mass is 10.1. The second-order valence-corrected chi connectivity index (χ2v) is 11.1. The van der Waals surface area contributed by atoms with Crippen molar-refractivity contribution >= 4 is 61.8 Å². The number of hydrazone groups is 1. The zero-order chi connectivity index (χ0) is 27.9. The van der Waals surface area contributed by atoms with Gasteiger partial charge in [-0.05, 0) is 67.1 Å². The standard InChI is InChI=1S/C31H24BrClN4O2S/c1-20-2-4-21(5-3-20)18-39-29-15-10-25(32)16-24(29)17-34-37-30(38)23-8-6-22(7-9-23)28-19-40-31(36-28)35-27-13-11-26(33)12-14-27/h2-17,19H,18H2,1H3,(H,35,36)(H,37,38)/b34-17-. The van der Waals surface area contributed by atoms with E-state index < -0.39 is 0 Å². The molecule has 0 unspecified atom stereocenters. The third-order valence-corrected chi connectivity index (χ3v) is 7.40. The second kappa shape index (κ2) is 12.9. The van der Waals surface area contributed by atoms with E-state index in [1.54, 1.807) is 18.3 Å². The van der Waals surface area contributed by atoms with Crippen molar-refractivity contribution < 1.29 is 9.53 Å². The van der Waals surface area contributed by atoms with Gasteiger partial charge in [-0.15, -0.1) is 11.3 Å². The molecule has 0 bridgehead atoms. The summed E-state index contributed by atoms with van der Waals surface area (Å²) in [5.74, 6) is 0.350. The van der Waals surface area contributed by atoms with Crippen molar-refractivity contribution in [1.29, 1.82) is 0 Å². The van der Waals surface area contributed by atoms with E-state index in [0.29, 0.717) is 22.9 Å². The van der Waals surface area contributed by atoms with E-state index in [1.165, 1.54) is 16.9 Å². The van der Waals surface area contributed by atoms with Gasteiger partial charge in [0.05, 0.1) is 11.9 Å². The number of benzene rings is 4. The number of hydrogen-bond acceptors (Lipinski definition) is 6. The first-order valence-corrected chi connectivity index (χ1v) is 14.4. The van der Waals surface area contributed by atoms with Crippen molar-refractivity contribution in [2.45, 2.75) is 13.5 Å². The maximum atomic E-state index is 12.7. The number of amides is 1. The average Bonchev–Trinajstić information content (AvgIpc) is 3.43. The van der Waals surface area contributed by atoms with Gasteiger partial charge in [0.25, 0.3) is 5.91 Å². The lowest BCUT2D eigenvalue weighted by Gasteiger charge is -2.10. The quantitative estimate of drug-likeness (QED) is 0.126. The Morgan fingerprint density at radius 3 is 2.52 bits per heavy atom. The highest BCUT2D eigenvalue weighted by Crippen LogP contribution is 2.28. The fourth-order valence-electron chi connectivity index (χ4n) is 3.73. The average molecular weight is 632 g/mol. The minimum absolute atomic E-state index is 0.316. The Bertz CT molecular complexity index is 1640. The summed E-state index contributed by atoms with van der Waals surface area (Å²) in [7, 11) is 0. The number of anilines is 2. The van der Waals surface area contributed by atoms with Crippen LogP contribution < -0.4 is 15.5 Å². The van der Waals surface area contributed by atoms with Crippen molar-refractivity contribution in [3.05, 3.63) is 128 Å². The molecule has 6 nitrogen and oxygen atoms in total. The SMILES string of the molecule is Cc1ccc(COc2ccc(Br)cc2/C=N\NC(=O)c2ccc(-c3csc(Nc4ccc(Cl)cc4)n3)cc2)cc1. The van der Waals surface area contributed by atoms with Crippen molar-refractivity contribution in [1.82, 2.24) is 10.4 Å². The number of nitrogens with one attached hydrogen (secondary N) is 2. The Hall–Kier alpha value is -3.98. The Morgan fingerprint density at radius 2 is 1.77 bits per heavy atom. The molecule has 2 N–H and O–H groups in total. The molecule has 0 saturated heterocycles. The van der Waals surface area contributed by atoms with Crippen LogP contribution in [-0.2, 0) is 6.61 Å². The van der Waals surface area contributed by atoms with Crippen LogP contribution in [0, 0.1) is 6.92 Å². The van der Waals surface area contributed by atoms with Crippen LogP contribution in [0.25, 0.3) is 11.3 Å². The van der Waals surface area contributed by atoms with E-state index in [1.807, 2.05) is 72.1 Å². The molecular formula is C31H24BrClN4O2S. The zero-order valence-corrected chi connectivity index (χ0v) is 24.6. The second-order valence-electron chi connectivity index (χ2n) is 8.90. The van der Waals surface area contributed by atoms with E-state index >= 15 is 0 Å². The molecule has 0 aliphatic heterocycles. The summed E-state index contributed by atoms with van der Waals surface area (Å²) in [6.45, 7) is 2.48. The number of thiazole rings is 1. The van der Waals surface area contributed by atoms with Gasteiger partial charge in [0.1, 0.15) is 12.4 Å². The number of carbonyl (C=O) groups is 1. The van der Waals surface area contributed by atoms with Crippen molar-refractivity contribution in [2.75, 3.05) is 5.32 Å². The highest BCUT2D eigenvalue weighted by atomic mass is 79.9. The lowest BCUT2D eigenvalue weighted by Crippen LogP contribution is -2.17. The minimum atomic E-state index is -0.316. The molecule has 0 atom stereocenters. The van der Waals surface area contributed by atoms with Gasteiger partial charge in [-0.2, -0.15) is 5.10 Å². The van der Waals surface area contributed by atoms with Gasteiger partial charge in [0.2, 0.25) is 0 Å². The predicted molar refractivity (Wildman–Crippen MR) is 167 cm³/mol. The number of rotatable bonds is 9. The molecule has 1 amide bonds. The summed E-state index contributed by atoms with van der Waals surface area (Å²) in [6.07, 6.45) is 1.58. The molecule has 0 radical (unpaired) electrons. The first-order valence-electron chi connectivity index (χ1n) is 12.3. The van der Waals surface area contributed by atoms with Crippen LogP contribution in [0.4, 0.5) is 10.8 Å². The van der Waals surface area contributed by atoms with Crippen molar-refractivity contribution in [2.24, 2.45) is 5.10 Å². The summed E-state index contributed by atoms with van der Waals surface area (Å²) < 4.78 is 6.90. The molecule has 4 aromatic carbocycles. The van der Waals surface area contributed by atoms with Crippen molar-refractivity contribution in [3.8, 4) is 17.0 Å². The zero-order valence-electron chi connectivity index (χ0n) is 21.4. The summed E-state index contributed by atoms with van der Waals surface area (Å²) >= 11 is 10.9. The van der Waals surface area contributed by atoms with E-state index in [9.17, 15) is 4.79 Å². The first-order chi connectivity index (χ1) is 19.4. The molecule has 5 aromatic rings. The van der Waals surface area contributed by atoms with Crippen LogP contribution in [0.2, 0.25) is 5.02 Å². The maximum absolute atomic E-state index is 12.7. The van der Waals surface area contributed by atoms with Crippen LogP contribution in [0.15, 0.2) is 106 Å². The molecule has 1 heterocycles. The number of ether oxygens (including phenoxy) is 1. The summed E-state index contributed by atoms with van der Waals surface area (Å²) in [6, 6.07) is 28.5. The first kappa shape index (κ1) is 27.6. The van der Waals surface area contributed by atoms with Crippen LogP contribution in [0.5, 0.6) is 5.75 Å². The van der Waals surface area contributed by atoms with Gasteiger partial charge in [0, 0.05) is 37.3 Å². The number of carbonyl (C=O) groups excluding carboxylic acids is 1. The van der Waals surface area contributed by atoms with Gasteiger partial charge < -0.3 is 10.1 Å². The number of hydrogen-bond donors (Lipinski definition) is 2. The van der Waals surface area contributed by atoms with Gasteiger partial charge in [-0.3, -0.25) is 4.79 Å². The number of aromatic nitrogens is 1. The van der Waals surface area contributed by atoms with Crippen LogP contribution >= 0.6 is 38.9 Å². The van der Waals surface area contributed by atoms with Crippen LogP contribution in [-0.4, -0.2) is 17.1 Å². The van der Waals surface area contributed by atoms with E-state index in [0.717, 1.165) is 37.7 Å². The number of halogens is 2. The Balaban J connectivity index is 1.19. The van der Waals surface area contributed by atoms with Gasteiger partial charge in [-0.25, -0.2) is 10.4 Å². The largest absolute Gasteiger partial charge is 0.488 e. The van der Waals surface area contributed by atoms with E-state index in [2.05, 4.69) is 55.8 Å². The monoisotopic (exact) mass is 630 g/mol. The van der Waals surface area contributed by atoms with E-state index in [4.69, 9.17) is 16.3 Å². The van der Waals surface area contributed by atoms with E-state index in [-0.39, 0.29) is 5.91 Å². The molecule has 0 fully saturated rings. The van der Waals surface area contributed by atoms with Crippen LogP contribution in [0.1, 0.15) is 27.0 Å². The summed E-state index contributed by atoms with van der Waals surface area (Å²) in [5.41, 5.74) is 8.72. The van der Waals surface area contributed by atoms with Gasteiger partial charge in [-0.1, -0.05) is 69.5 Å². The Morgan fingerprint density at radius 1 is 1.02 bits per heavy atom. The molecule has 0 aliphatic rings. The third-order valence-electron chi connectivity index (χ3n) is 5.90. The third kappa shape index (κ3) is 7.35. The lowest BCUT2D eigenvalue weighted by molar-refractivity contribution is 0.0955. The number of nitrogens with zero attached hydrogens (tertiary/aromatic N) is 2. The Kier molecular flexibility index (Phi) is 8.91. The molecule has 0 saturated carbocycles. The van der Waals surface area contributed by atoms with Gasteiger partial charge >= 0.3 is 0 Å². The highest BCUT2D eigenvalue weighted by molar-refractivity contribution is 9.10. The minimum Gasteiger partial charge on any atom is -0.488 e. The molecule has 40 heavy (non-hydrogen) atoms.